The topological polar surface area (TPSA) is 48.0 Å². The van der Waals surface area contributed by atoms with Gasteiger partial charge in [0.05, 0.1) is 6.61 Å². The molecule has 0 N–H and O–H groups in total. The van der Waals surface area contributed by atoms with E-state index in [0.717, 1.165) is 12.0 Å². The number of nitrogens with zero attached hydrogens (tertiary/aromatic N) is 1. The van der Waals surface area contributed by atoms with Gasteiger partial charge in [0.1, 0.15) is 11.6 Å². The van der Waals surface area contributed by atoms with Crippen molar-refractivity contribution in [3.8, 4) is 17.2 Å². The molecule has 1 fully saturated rings. The van der Waals surface area contributed by atoms with Crippen molar-refractivity contribution in [3.63, 3.8) is 0 Å². The van der Waals surface area contributed by atoms with Crippen molar-refractivity contribution < 1.29 is 23.4 Å². The van der Waals surface area contributed by atoms with Gasteiger partial charge in [-0.15, -0.1) is 0 Å². The number of piperidine rings is 1. The summed E-state index contributed by atoms with van der Waals surface area (Å²) in [7, 11) is 0. The summed E-state index contributed by atoms with van der Waals surface area (Å²) in [6.07, 6.45) is 0.791. The maximum Gasteiger partial charge on any atom is 0.253 e. The highest BCUT2D eigenvalue weighted by Gasteiger charge is 2.33. The van der Waals surface area contributed by atoms with Gasteiger partial charge in [0, 0.05) is 30.6 Å². The number of carbonyl (C=O) groups excluding carboxylic acids is 1. The Kier molecular flexibility index (Phi) is 5.67. The number of benzene rings is 3. The van der Waals surface area contributed by atoms with Crippen molar-refractivity contribution in [2.24, 2.45) is 5.92 Å². The zero-order valence-electron chi connectivity index (χ0n) is 17.6. The maximum absolute atomic E-state index is 13.5. The first-order valence-corrected chi connectivity index (χ1v) is 10.8. The van der Waals surface area contributed by atoms with Crippen molar-refractivity contribution in [2.45, 2.75) is 12.3 Å². The van der Waals surface area contributed by atoms with E-state index in [-0.39, 0.29) is 30.4 Å². The van der Waals surface area contributed by atoms with Crippen molar-refractivity contribution in [1.29, 1.82) is 0 Å². The van der Waals surface area contributed by atoms with Gasteiger partial charge in [-0.1, -0.05) is 30.3 Å². The molecule has 0 aliphatic carbocycles. The summed E-state index contributed by atoms with van der Waals surface area (Å²) in [4.78, 5) is 14.9. The largest absolute Gasteiger partial charge is 0.493 e. The first kappa shape index (κ1) is 20.4. The van der Waals surface area contributed by atoms with Gasteiger partial charge in [-0.2, -0.15) is 0 Å². The number of amides is 1. The molecule has 2 atom stereocenters. The van der Waals surface area contributed by atoms with Crippen LogP contribution >= 0.6 is 0 Å². The molecule has 6 heteroatoms. The summed E-state index contributed by atoms with van der Waals surface area (Å²) < 4.78 is 30.4. The second-order valence-corrected chi connectivity index (χ2v) is 8.15. The first-order valence-electron chi connectivity index (χ1n) is 10.8. The molecule has 3 aromatic carbocycles. The smallest absolute Gasteiger partial charge is 0.253 e. The van der Waals surface area contributed by atoms with Crippen LogP contribution in [0.1, 0.15) is 28.3 Å². The van der Waals surface area contributed by atoms with E-state index in [4.69, 9.17) is 14.2 Å². The Balaban J connectivity index is 1.34. The molecule has 3 aromatic rings. The minimum Gasteiger partial charge on any atom is -0.493 e. The van der Waals surface area contributed by atoms with Gasteiger partial charge in [0.15, 0.2) is 11.5 Å². The summed E-state index contributed by atoms with van der Waals surface area (Å²) in [6, 6.07) is 21.5. The van der Waals surface area contributed by atoms with Gasteiger partial charge in [0.25, 0.3) is 5.91 Å². The predicted molar refractivity (Wildman–Crippen MR) is 118 cm³/mol. The van der Waals surface area contributed by atoms with Crippen LogP contribution in [-0.4, -0.2) is 37.3 Å². The molecule has 1 unspecified atom stereocenters. The molecule has 32 heavy (non-hydrogen) atoms. The third-order valence-corrected chi connectivity index (χ3v) is 6.15. The highest BCUT2D eigenvalue weighted by molar-refractivity contribution is 5.94. The van der Waals surface area contributed by atoms with Gasteiger partial charge in [-0.05, 0) is 54.3 Å². The molecule has 1 amide bonds. The van der Waals surface area contributed by atoms with Crippen LogP contribution in [0.25, 0.3) is 0 Å². The van der Waals surface area contributed by atoms with Gasteiger partial charge in [-0.3, -0.25) is 4.79 Å². The number of hydrogen-bond donors (Lipinski definition) is 0. The molecule has 164 valence electrons. The van der Waals surface area contributed by atoms with Crippen LogP contribution < -0.4 is 14.2 Å². The Labute approximate surface area is 186 Å². The third kappa shape index (κ3) is 4.26. The van der Waals surface area contributed by atoms with Gasteiger partial charge in [0.2, 0.25) is 6.79 Å². The highest BCUT2D eigenvalue weighted by Crippen LogP contribution is 2.37. The van der Waals surface area contributed by atoms with Gasteiger partial charge < -0.3 is 19.1 Å². The van der Waals surface area contributed by atoms with Crippen LogP contribution in [0.5, 0.6) is 17.2 Å². The molecular weight excluding hydrogens is 409 g/mol. The van der Waals surface area contributed by atoms with E-state index in [2.05, 4.69) is 0 Å². The molecule has 5 rings (SSSR count). The van der Waals surface area contributed by atoms with Gasteiger partial charge in [-0.25, -0.2) is 4.39 Å². The average molecular weight is 433 g/mol. The summed E-state index contributed by atoms with van der Waals surface area (Å²) in [6.45, 7) is 1.86. The van der Waals surface area contributed by atoms with E-state index in [1.165, 1.54) is 12.1 Å². The summed E-state index contributed by atoms with van der Waals surface area (Å²) in [5.41, 5.74) is 1.75. The zero-order valence-corrected chi connectivity index (χ0v) is 17.6. The molecule has 0 bridgehead atoms. The molecule has 5 nitrogen and oxygen atoms in total. The summed E-state index contributed by atoms with van der Waals surface area (Å²) in [5, 5.41) is 0. The Bertz CT molecular complexity index is 1090. The standard InChI is InChI=1S/C26H24FNO4/c27-21-8-6-18(7-9-21)23-12-13-28(26(29)19-4-2-1-3-5-19)15-20(23)16-30-22-10-11-24-25(14-22)32-17-31-24/h1-11,14,20,23H,12-13,15-17H2/t20?,23-/m1/s1. The molecule has 2 aliphatic rings. The molecule has 0 radical (unpaired) electrons. The van der Waals surface area contributed by atoms with Crippen LogP contribution in [0.15, 0.2) is 72.8 Å². The fourth-order valence-electron chi connectivity index (χ4n) is 4.47. The lowest BCUT2D eigenvalue weighted by Crippen LogP contribution is -2.45. The second-order valence-electron chi connectivity index (χ2n) is 8.15. The summed E-state index contributed by atoms with van der Waals surface area (Å²) in [5.74, 6) is 2.08. The Morgan fingerprint density at radius 1 is 1.00 bits per heavy atom. The fourth-order valence-corrected chi connectivity index (χ4v) is 4.47. The molecule has 1 saturated heterocycles. The number of likely N-dealkylation sites (tertiary alicyclic amines) is 1. The SMILES string of the molecule is O=C(c1ccccc1)N1CC[C@H](c2ccc(F)cc2)C(COc2ccc3c(c2)OCO3)C1. The molecule has 0 spiro atoms. The number of fused-ring (bicyclic) bond motifs is 1. The minimum absolute atomic E-state index is 0.0243. The van der Waals surface area contributed by atoms with Crippen LogP contribution in [0.2, 0.25) is 0 Å². The van der Waals surface area contributed by atoms with Crippen molar-refractivity contribution in [2.75, 3.05) is 26.5 Å². The number of carbonyl (C=O) groups is 1. The Hall–Kier alpha value is -3.54. The van der Waals surface area contributed by atoms with Crippen LogP contribution in [0.3, 0.4) is 0 Å². The average Bonchev–Trinajstić information content (AvgIpc) is 3.31. The second kappa shape index (κ2) is 8.91. The molecule has 0 saturated carbocycles. The lowest BCUT2D eigenvalue weighted by atomic mass is 9.80. The van der Waals surface area contributed by atoms with E-state index in [9.17, 15) is 9.18 Å². The van der Waals surface area contributed by atoms with E-state index in [1.807, 2.05) is 65.6 Å². The van der Waals surface area contributed by atoms with Crippen LogP contribution in [0, 0.1) is 11.7 Å². The van der Waals surface area contributed by atoms with E-state index in [1.54, 1.807) is 0 Å². The monoisotopic (exact) mass is 433 g/mol. The van der Waals surface area contributed by atoms with E-state index in [0.29, 0.717) is 42.5 Å². The lowest BCUT2D eigenvalue weighted by molar-refractivity contribution is 0.0595. The Morgan fingerprint density at radius 3 is 2.59 bits per heavy atom. The number of halogens is 1. The van der Waals surface area contributed by atoms with Crippen molar-refractivity contribution in [1.82, 2.24) is 4.90 Å². The zero-order chi connectivity index (χ0) is 21.9. The predicted octanol–water partition coefficient (Wildman–Crippen LogP) is 4.88. The third-order valence-electron chi connectivity index (χ3n) is 6.15. The van der Waals surface area contributed by atoms with Crippen molar-refractivity contribution >= 4 is 5.91 Å². The first-order chi connectivity index (χ1) is 15.7. The molecular formula is C26H24FNO4. The lowest BCUT2D eigenvalue weighted by Gasteiger charge is -2.39. The number of rotatable bonds is 5. The highest BCUT2D eigenvalue weighted by atomic mass is 19.1. The maximum atomic E-state index is 13.5. The quantitative estimate of drug-likeness (QED) is 0.576. The number of ether oxygens (including phenoxy) is 3. The van der Waals surface area contributed by atoms with E-state index >= 15 is 0 Å². The molecule has 2 aliphatic heterocycles. The van der Waals surface area contributed by atoms with Crippen LogP contribution in [-0.2, 0) is 0 Å². The van der Waals surface area contributed by atoms with Crippen molar-refractivity contribution in [3.05, 3.63) is 89.7 Å². The fraction of sp³-hybridized carbons (Fsp3) is 0.269. The molecule has 2 heterocycles. The van der Waals surface area contributed by atoms with Crippen LogP contribution in [0.4, 0.5) is 4.39 Å². The van der Waals surface area contributed by atoms with E-state index < -0.39 is 0 Å². The normalized spacial score (nSPS) is 19.6. The Morgan fingerprint density at radius 2 is 1.78 bits per heavy atom. The van der Waals surface area contributed by atoms with Gasteiger partial charge >= 0.3 is 0 Å². The minimum atomic E-state index is -0.251. The molecule has 0 aromatic heterocycles. The summed E-state index contributed by atoms with van der Waals surface area (Å²) >= 11 is 0. The number of hydrogen-bond acceptors (Lipinski definition) is 4.